The first-order chi connectivity index (χ1) is 9.33. The molecule has 2 aromatic rings. The molecule has 2 atom stereocenters. The lowest BCUT2D eigenvalue weighted by molar-refractivity contribution is 0.624. The van der Waals surface area contributed by atoms with Crippen LogP contribution in [0.3, 0.4) is 0 Å². The molecule has 0 amide bonds. The number of benzene rings is 1. The number of pyridine rings is 1. The zero-order chi connectivity index (χ0) is 12.8. The van der Waals surface area contributed by atoms with Crippen LogP contribution in [0.25, 0.3) is 10.9 Å². The molecule has 0 aliphatic heterocycles. The standard InChI is InChI=1S/C16H17BrN2/c17-15-6-5-12(16-13(15)2-1-7-18-16)14-8-10(14)9-19-11-3-4-11/h1-2,5-7,10-11,14,19H,3-4,8-9H2. The average Bonchev–Trinajstić information content (AvgIpc) is 3.32. The van der Waals surface area contributed by atoms with Crippen molar-refractivity contribution in [3.05, 3.63) is 40.5 Å². The molecule has 1 N–H and O–H groups in total. The summed E-state index contributed by atoms with van der Waals surface area (Å²) in [6, 6.07) is 9.40. The van der Waals surface area contributed by atoms with Crippen molar-refractivity contribution in [2.24, 2.45) is 5.92 Å². The molecular weight excluding hydrogens is 300 g/mol. The molecule has 0 spiro atoms. The van der Waals surface area contributed by atoms with E-state index in [2.05, 4.69) is 44.4 Å². The summed E-state index contributed by atoms with van der Waals surface area (Å²) in [6.07, 6.45) is 5.96. The maximum atomic E-state index is 4.59. The van der Waals surface area contributed by atoms with Crippen molar-refractivity contribution in [2.45, 2.75) is 31.2 Å². The first-order valence-corrected chi connectivity index (χ1v) is 7.89. The van der Waals surface area contributed by atoms with Crippen LogP contribution in [0, 0.1) is 5.92 Å². The number of fused-ring (bicyclic) bond motifs is 1. The van der Waals surface area contributed by atoms with E-state index < -0.39 is 0 Å². The fourth-order valence-corrected chi connectivity index (χ4v) is 3.37. The molecule has 0 radical (unpaired) electrons. The molecule has 3 heteroatoms. The van der Waals surface area contributed by atoms with Crippen LogP contribution in [0.4, 0.5) is 0 Å². The van der Waals surface area contributed by atoms with Crippen molar-refractivity contribution in [1.82, 2.24) is 10.3 Å². The Hall–Kier alpha value is -0.930. The van der Waals surface area contributed by atoms with Crippen LogP contribution in [-0.2, 0) is 0 Å². The number of aromatic nitrogens is 1. The predicted octanol–water partition coefficient (Wildman–Crippen LogP) is 3.85. The van der Waals surface area contributed by atoms with E-state index in [1.807, 2.05) is 12.3 Å². The van der Waals surface area contributed by atoms with Crippen molar-refractivity contribution >= 4 is 26.8 Å². The normalized spacial score (nSPS) is 25.7. The van der Waals surface area contributed by atoms with Gasteiger partial charge < -0.3 is 5.32 Å². The van der Waals surface area contributed by atoms with E-state index in [1.54, 1.807) is 0 Å². The largest absolute Gasteiger partial charge is 0.314 e. The minimum absolute atomic E-state index is 0.705. The molecule has 2 fully saturated rings. The average molecular weight is 317 g/mol. The number of nitrogens with one attached hydrogen (secondary N) is 1. The summed E-state index contributed by atoms with van der Waals surface area (Å²) in [5, 5.41) is 4.88. The fraction of sp³-hybridized carbons (Fsp3) is 0.438. The number of hydrogen-bond acceptors (Lipinski definition) is 2. The van der Waals surface area contributed by atoms with E-state index in [0.717, 1.165) is 16.4 Å². The second kappa shape index (κ2) is 4.57. The maximum absolute atomic E-state index is 4.59. The number of rotatable bonds is 4. The molecule has 2 saturated carbocycles. The van der Waals surface area contributed by atoms with Crippen molar-refractivity contribution in [3.8, 4) is 0 Å². The van der Waals surface area contributed by atoms with Crippen molar-refractivity contribution in [3.63, 3.8) is 0 Å². The molecule has 4 rings (SSSR count). The van der Waals surface area contributed by atoms with Gasteiger partial charge in [0.1, 0.15) is 0 Å². The molecule has 1 aromatic heterocycles. The first-order valence-electron chi connectivity index (χ1n) is 7.09. The lowest BCUT2D eigenvalue weighted by Crippen LogP contribution is -2.19. The van der Waals surface area contributed by atoms with Gasteiger partial charge in [-0.3, -0.25) is 4.98 Å². The van der Waals surface area contributed by atoms with E-state index in [1.165, 1.54) is 42.3 Å². The van der Waals surface area contributed by atoms with Gasteiger partial charge in [0, 0.05) is 22.1 Å². The number of nitrogens with zero attached hydrogens (tertiary/aromatic N) is 1. The van der Waals surface area contributed by atoms with Crippen LogP contribution in [-0.4, -0.2) is 17.6 Å². The molecule has 98 valence electrons. The Morgan fingerprint density at radius 1 is 1.26 bits per heavy atom. The van der Waals surface area contributed by atoms with E-state index in [9.17, 15) is 0 Å². The Bertz CT molecular complexity index is 621. The summed E-state index contributed by atoms with van der Waals surface area (Å²) >= 11 is 3.62. The topological polar surface area (TPSA) is 24.9 Å². The molecule has 2 aliphatic carbocycles. The summed E-state index contributed by atoms with van der Waals surface area (Å²) in [4.78, 5) is 4.59. The third-order valence-electron chi connectivity index (χ3n) is 4.32. The Kier molecular flexibility index (Phi) is 2.85. The van der Waals surface area contributed by atoms with Gasteiger partial charge in [0.05, 0.1) is 5.52 Å². The van der Waals surface area contributed by atoms with Crippen molar-refractivity contribution in [2.75, 3.05) is 6.54 Å². The number of halogens is 1. The zero-order valence-electron chi connectivity index (χ0n) is 10.8. The van der Waals surface area contributed by atoms with Gasteiger partial charge in [0.15, 0.2) is 0 Å². The fourth-order valence-electron chi connectivity index (χ4n) is 2.92. The highest BCUT2D eigenvalue weighted by Crippen LogP contribution is 2.49. The highest BCUT2D eigenvalue weighted by molar-refractivity contribution is 9.10. The Balaban J connectivity index is 1.59. The molecule has 2 nitrogen and oxygen atoms in total. The monoisotopic (exact) mass is 316 g/mol. The summed E-state index contributed by atoms with van der Waals surface area (Å²) < 4.78 is 1.15. The van der Waals surface area contributed by atoms with Gasteiger partial charge in [-0.05, 0) is 55.3 Å². The Morgan fingerprint density at radius 3 is 3.00 bits per heavy atom. The molecule has 2 aliphatic rings. The second-order valence-electron chi connectivity index (χ2n) is 5.82. The summed E-state index contributed by atoms with van der Waals surface area (Å²) in [5.74, 6) is 1.52. The number of hydrogen-bond donors (Lipinski definition) is 1. The molecule has 19 heavy (non-hydrogen) atoms. The van der Waals surface area contributed by atoms with Crippen LogP contribution >= 0.6 is 15.9 Å². The lowest BCUT2D eigenvalue weighted by atomic mass is 10.0. The van der Waals surface area contributed by atoms with E-state index in [4.69, 9.17) is 0 Å². The maximum Gasteiger partial charge on any atom is 0.0748 e. The summed E-state index contributed by atoms with van der Waals surface area (Å²) in [5.41, 5.74) is 2.61. The molecule has 2 unspecified atom stereocenters. The van der Waals surface area contributed by atoms with Crippen LogP contribution in [0.5, 0.6) is 0 Å². The SMILES string of the molecule is Brc1ccc(C2CC2CNC2CC2)c2ncccc12. The van der Waals surface area contributed by atoms with E-state index in [-0.39, 0.29) is 0 Å². The van der Waals surface area contributed by atoms with Gasteiger partial charge in [-0.1, -0.05) is 28.1 Å². The second-order valence-corrected chi connectivity index (χ2v) is 6.68. The molecule has 1 heterocycles. The zero-order valence-corrected chi connectivity index (χ0v) is 12.4. The molecule has 0 saturated heterocycles. The highest BCUT2D eigenvalue weighted by atomic mass is 79.9. The van der Waals surface area contributed by atoms with Gasteiger partial charge >= 0.3 is 0 Å². The van der Waals surface area contributed by atoms with Gasteiger partial charge in [-0.15, -0.1) is 0 Å². The Labute approximate surface area is 121 Å². The van der Waals surface area contributed by atoms with Gasteiger partial charge in [-0.25, -0.2) is 0 Å². The van der Waals surface area contributed by atoms with Gasteiger partial charge in [-0.2, -0.15) is 0 Å². The third-order valence-corrected chi connectivity index (χ3v) is 5.01. The first kappa shape index (κ1) is 11.9. The quantitative estimate of drug-likeness (QED) is 0.926. The van der Waals surface area contributed by atoms with Crippen LogP contribution < -0.4 is 5.32 Å². The lowest BCUT2D eigenvalue weighted by Gasteiger charge is -2.07. The molecule has 1 aromatic carbocycles. The van der Waals surface area contributed by atoms with Crippen molar-refractivity contribution in [1.29, 1.82) is 0 Å². The van der Waals surface area contributed by atoms with E-state index in [0.29, 0.717) is 5.92 Å². The van der Waals surface area contributed by atoms with E-state index >= 15 is 0 Å². The highest BCUT2D eigenvalue weighted by Gasteiger charge is 2.40. The predicted molar refractivity (Wildman–Crippen MR) is 81.3 cm³/mol. The summed E-state index contributed by atoms with van der Waals surface area (Å²) in [6.45, 7) is 1.18. The Morgan fingerprint density at radius 2 is 2.16 bits per heavy atom. The molecule has 0 bridgehead atoms. The van der Waals surface area contributed by atoms with Crippen LogP contribution in [0.15, 0.2) is 34.9 Å². The van der Waals surface area contributed by atoms with Gasteiger partial charge in [0.25, 0.3) is 0 Å². The smallest absolute Gasteiger partial charge is 0.0748 e. The summed E-state index contributed by atoms with van der Waals surface area (Å²) in [7, 11) is 0. The van der Waals surface area contributed by atoms with Crippen molar-refractivity contribution < 1.29 is 0 Å². The minimum atomic E-state index is 0.705. The van der Waals surface area contributed by atoms with Crippen LogP contribution in [0.1, 0.15) is 30.7 Å². The van der Waals surface area contributed by atoms with Crippen LogP contribution in [0.2, 0.25) is 0 Å². The minimum Gasteiger partial charge on any atom is -0.314 e. The third kappa shape index (κ3) is 2.30. The van der Waals surface area contributed by atoms with Gasteiger partial charge in [0.2, 0.25) is 0 Å². The molecular formula is C16H17BrN2.